The second-order valence-corrected chi connectivity index (χ2v) is 4.22. The van der Waals surface area contributed by atoms with Crippen LogP contribution in [0.3, 0.4) is 0 Å². The molecule has 0 atom stereocenters. The third kappa shape index (κ3) is 4.24. The first-order chi connectivity index (χ1) is 9.99. The average molecular weight is 294 g/mol. The minimum Gasteiger partial charge on any atom is -0.497 e. The highest BCUT2D eigenvalue weighted by Gasteiger charge is 2.29. The molecule has 2 aromatic carbocycles. The van der Waals surface area contributed by atoms with E-state index in [4.69, 9.17) is 4.74 Å². The van der Waals surface area contributed by atoms with Crippen LogP contribution in [0.15, 0.2) is 53.6 Å². The Hall–Kier alpha value is -2.50. The summed E-state index contributed by atoms with van der Waals surface area (Å²) in [4.78, 5) is 0. The van der Waals surface area contributed by atoms with Crippen molar-refractivity contribution < 1.29 is 17.9 Å². The number of nitrogens with zero attached hydrogens (tertiary/aromatic N) is 1. The van der Waals surface area contributed by atoms with E-state index in [2.05, 4.69) is 10.5 Å². The molecule has 0 saturated carbocycles. The summed E-state index contributed by atoms with van der Waals surface area (Å²) in [6.07, 6.45) is -2.78. The highest BCUT2D eigenvalue weighted by Crippen LogP contribution is 2.29. The van der Waals surface area contributed by atoms with Crippen molar-refractivity contribution >= 4 is 11.9 Å². The van der Waals surface area contributed by atoms with E-state index in [1.165, 1.54) is 12.1 Å². The van der Waals surface area contributed by atoms with Gasteiger partial charge in [-0.05, 0) is 42.0 Å². The van der Waals surface area contributed by atoms with E-state index < -0.39 is 11.7 Å². The number of anilines is 1. The van der Waals surface area contributed by atoms with Crippen LogP contribution >= 0.6 is 0 Å². The molecule has 3 nitrogen and oxygen atoms in total. The summed E-state index contributed by atoms with van der Waals surface area (Å²) >= 11 is 0. The summed E-state index contributed by atoms with van der Waals surface area (Å²) in [5, 5.41) is 3.97. The van der Waals surface area contributed by atoms with E-state index in [-0.39, 0.29) is 0 Å². The van der Waals surface area contributed by atoms with Crippen LogP contribution in [0, 0.1) is 0 Å². The molecule has 0 aliphatic heterocycles. The molecule has 0 saturated heterocycles. The van der Waals surface area contributed by atoms with Crippen LogP contribution < -0.4 is 10.2 Å². The summed E-state index contributed by atoms with van der Waals surface area (Å²) in [7, 11) is 1.57. The van der Waals surface area contributed by atoms with E-state index >= 15 is 0 Å². The third-order valence-corrected chi connectivity index (χ3v) is 2.71. The van der Waals surface area contributed by atoms with Gasteiger partial charge in [0.2, 0.25) is 0 Å². The summed E-state index contributed by atoms with van der Waals surface area (Å²) in [5.74, 6) is 0.702. The number of halogens is 3. The number of ether oxygens (including phenoxy) is 1. The van der Waals surface area contributed by atoms with E-state index in [1.807, 2.05) is 12.1 Å². The fraction of sp³-hybridized carbons (Fsp3) is 0.133. The van der Waals surface area contributed by atoms with Crippen molar-refractivity contribution in [2.75, 3.05) is 12.5 Å². The van der Waals surface area contributed by atoms with E-state index in [0.717, 1.165) is 17.7 Å². The van der Waals surface area contributed by atoms with Gasteiger partial charge in [-0.3, -0.25) is 5.43 Å². The number of hydrogen-bond donors (Lipinski definition) is 1. The summed E-state index contributed by atoms with van der Waals surface area (Å²) in [6, 6.07) is 11.9. The van der Waals surface area contributed by atoms with Gasteiger partial charge in [-0.2, -0.15) is 18.3 Å². The molecule has 0 aliphatic rings. The Bertz CT molecular complexity index is 622. The molecule has 0 unspecified atom stereocenters. The standard InChI is InChI=1S/C15H13F3N2O/c1-21-14-4-2-3-11(9-14)10-19-20-13-7-5-12(6-8-13)15(16,17)18/h2-10,20H,1H3. The zero-order valence-electron chi connectivity index (χ0n) is 11.2. The Kier molecular flexibility index (Phi) is 4.47. The molecule has 110 valence electrons. The largest absolute Gasteiger partial charge is 0.497 e. The first kappa shape index (κ1) is 14.9. The van der Waals surface area contributed by atoms with Gasteiger partial charge >= 0.3 is 6.18 Å². The molecule has 1 N–H and O–H groups in total. The zero-order valence-corrected chi connectivity index (χ0v) is 11.2. The summed E-state index contributed by atoms with van der Waals surface area (Å²) in [6.45, 7) is 0. The van der Waals surface area contributed by atoms with Crippen molar-refractivity contribution in [1.82, 2.24) is 0 Å². The molecule has 0 bridgehead atoms. The monoisotopic (exact) mass is 294 g/mol. The first-order valence-electron chi connectivity index (χ1n) is 6.09. The summed E-state index contributed by atoms with van der Waals surface area (Å²) < 4.78 is 42.3. The molecular formula is C15H13F3N2O. The van der Waals surface area contributed by atoms with Gasteiger partial charge in [-0.1, -0.05) is 12.1 Å². The molecular weight excluding hydrogens is 281 g/mol. The molecule has 0 aromatic heterocycles. The maximum Gasteiger partial charge on any atom is 0.416 e. The van der Waals surface area contributed by atoms with E-state index in [9.17, 15) is 13.2 Å². The predicted octanol–water partition coefficient (Wildman–Crippen LogP) is 4.16. The van der Waals surface area contributed by atoms with Gasteiger partial charge in [0.05, 0.1) is 24.6 Å². The number of benzene rings is 2. The third-order valence-electron chi connectivity index (χ3n) is 2.71. The second-order valence-electron chi connectivity index (χ2n) is 4.22. The molecule has 0 spiro atoms. The molecule has 0 heterocycles. The number of nitrogens with one attached hydrogen (secondary N) is 1. The Labute approximate surface area is 120 Å². The van der Waals surface area contributed by atoms with E-state index in [1.54, 1.807) is 25.5 Å². The van der Waals surface area contributed by atoms with Gasteiger partial charge < -0.3 is 4.74 Å². The van der Waals surface area contributed by atoms with Crippen LogP contribution in [-0.2, 0) is 6.18 Å². The lowest BCUT2D eigenvalue weighted by molar-refractivity contribution is -0.137. The van der Waals surface area contributed by atoms with Gasteiger partial charge in [0.25, 0.3) is 0 Å². The molecule has 2 aromatic rings. The lowest BCUT2D eigenvalue weighted by Crippen LogP contribution is -2.04. The summed E-state index contributed by atoms with van der Waals surface area (Å²) in [5.41, 5.74) is 3.27. The van der Waals surface area contributed by atoms with Crippen LogP contribution in [0.2, 0.25) is 0 Å². The minimum absolute atomic E-state index is 0.474. The Morgan fingerprint density at radius 3 is 2.43 bits per heavy atom. The maximum atomic E-state index is 12.4. The average Bonchev–Trinajstić information content (AvgIpc) is 2.47. The number of hydrazone groups is 1. The fourth-order valence-electron chi connectivity index (χ4n) is 1.64. The number of rotatable bonds is 4. The quantitative estimate of drug-likeness (QED) is 0.678. The van der Waals surface area contributed by atoms with E-state index in [0.29, 0.717) is 11.4 Å². The lowest BCUT2D eigenvalue weighted by Gasteiger charge is -2.07. The number of methoxy groups -OCH3 is 1. The van der Waals surface area contributed by atoms with Gasteiger partial charge in [-0.25, -0.2) is 0 Å². The SMILES string of the molecule is COc1cccc(C=NNc2ccc(C(F)(F)F)cc2)c1. The van der Waals surface area contributed by atoms with Gasteiger partial charge in [0, 0.05) is 0 Å². The van der Waals surface area contributed by atoms with Crippen LogP contribution in [0.5, 0.6) is 5.75 Å². The lowest BCUT2D eigenvalue weighted by atomic mass is 10.2. The Morgan fingerprint density at radius 2 is 1.81 bits per heavy atom. The predicted molar refractivity (Wildman–Crippen MR) is 75.7 cm³/mol. The highest BCUT2D eigenvalue weighted by molar-refractivity contribution is 5.80. The Morgan fingerprint density at radius 1 is 1.10 bits per heavy atom. The molecule has 0 aliphatic carbocycles. The highest BCUT2D eigenvalue weighted by atomic mass is 19.4. The van der Waals surface area contributed by atoms with Crippen molar-refractivity contribution in [1.29, 1.82) is 0 Å². The van der Waals surface area contributed by atoms with Crippen molar-refractivity contribution in [2.45, 2.75) is 6.18 Å². The van der Waals surface area contributed by atoms with Gasteiger partial charge in [0.1, 0.15) is 5.75 Å². The zero-order chi connectivity index (χ0) is 15.3. The molecule has 0 amide bonds. The molecule has 2 rings (SSSR count). The fourth-order valence-corrected chi connectivity index (χ4v) is 1.64. The molecule has 0 fully saturated rings. The molecule has 6 heteroatoms. The minimum atomic E-state index is -4.33. The van der Waals surface area contributed by atoms with Crippen LogP contribution in [0.1, 0.15) is 11.1 Å². The molecule has 0 radical (unpaired) electrons. The van der Waals surface area contributed by atoms with Crippen molar-refractivity contribution in [3.8, 4) is 5.75 Å². The maximum absolute atomic E-state index is 12.4. The van der Waals surface area contributed by atoms with Gasteiger partial charge in [0.15, 0.2) is 0 Å². The van der Waals surface area contributed by atoms with Crippen molar-refractivity contribution in [2.24, 2.45) is 5.10 Å². The van der Waals surface area contributed by atoms with Gasteiger partial charge in [-0.15, -0.1) is 0 Å². The number of hydrogen-bond acceptors (Lipinski definition) is 3. The van der Waals surface area contributed by atoms with Crippen LogP contribution in [0.4, 0.5) is 18.9 Å². The topological polar surface area (TPSA) is 33.6 Å². The molecule has 21 heavy (non-hydrogen) atoms. The van der Waals surface area contributed by atoms with Crippen molar-refractivity contribution in [3.05, 3.63) is 59.7 Å². The second kappa shape index (κ2) is 6.30. The smallest absolute Gasteiger partial charge is 0.416 e. The van der Waals surface area contributed by atoms with Crippen molar-refractivity contribution in [3.63, 3.8) is 0 Å². The number of alkyl halides is 3. The Balaban J connectivity index is 2.00. The first-order valence-corrected chi connectivity index (χ1v) is 6.09. The van der Waals surface area contributed by atoms with Crippen LogP contribution in [-0.4, -0.2) is 13.3 Å². The normalized spacial score (nSPS) is 11.6. The van der Waals surface area contributed by atoms with Crippen LogP contribution in [0.25, 0.3) is 0 Å².